The summed E-state index contributed by atoms with van der Waals surface area (Å²) in [6.45, 7) is 4.14. The van der Waals surface area contributed by atoms with Crippen molar-refractivity contribution in [1.82, 2.24) is 5.32 Å². The number of ether oxygens (including phenoxy) is 1. The van der Waals surface area contributed by atoms with Gasteiger partial charge in [0.05, 0.1) is 0 Å². The van der Waals surface area contributed by atoms with Crippen molar-refractivity contribution in [1.29, 1.82) is 0 Å². The summed E-state index contributed by atoms with van der Waals surface area (Å²) in [5.41, 5.74) is 4.70. The molecule has 0 unspecified atom stereocenters. The van der Waals surface area contributed by atoms with E-state index in [-0.39, 0.29) is 5.82 Å². The predicted octanol–water partition coefficient (Wildman–Crippen LogP) is 5.00. The maximum Gasteiger partial charge on any atom is 0.123 e. The van der Waals surface area contributed by atoms with E-state index in [9.17, 15) is 4.39 Å². The molecule has 0 bridgehead atoms. The van der Waals surface area contributed by atoms with Gasteiger partial charge in [-0.05, 0) is 53.4 Å². The van der Waals surface area contributed by atoms with E-state index in [2.05, 4.69) is 36.5 Å². The van der Waals surface area contributed by atoms with Crippen LogP contribution in [0, 0.1) is 12.7 Å². The Kier molecular flexibility index (Phi) is 5.81. The van der Waals surface area contributed by atoms with Crippen molar-refractivity contribution in [2.75, 3.05) is 0 Å². The Hall–Kier alpha value is -2.65. The Balaban J connectivity index is 1.47. The molecule has 0 spiro atoms. The monoisotopic (exact) mass is 335 g/mol. The molecule has 0 aliphatic rings. The van der Waals surface area contributed by atoms with Gasteiger partial charge in [-0.1, -0.05) is 48.5 Å². The lowest BCUT2D eigenvalue weighted by Crippen LogP contribution is -2.12. The molecular formula is C22H22FNO. The van der Waals surface area contributed by atoms with Crippen molar-refractivity contribution >= 4 is 0 Å². The van der Waals surface area contributed by atoms with E-state index >= 15 is 0 Å². The first-order valence-electron chi connectivity index (χ1n) is 8.42. The van der Waals surface area contributed by atoms with Crippen LogP contribution in [0.25, 0.3) is 0 Å². The van der Waals surface area contributed by atoms with Gasteiger partial charge < -0.3 is 10.1 Å². The standard InChI is InChI=1S/C22H22FNO/c1-17-4-2-3-5-20(17)16-25-22-12-8-19(9-13-22)15-24-14-18-6-10-21(23)11-7-18/h2-13,24H,14-16H2,1H3. The topological polar surface area (TPSA) is 21.3 Å². The highest BCUT2D eigenvalue weighted by atomic mass is 19.1. The Morgan fingerprint density at radius 3 is 2.04 bits per heavy atom. The van der Waals surface area contributed by atoms with Crippen LogP contribution in [0.15, 0.2) is 72.8 Å². The van der Waals surface area contributed by atoms with Gasteiger partial charge in [0.1, 0.15) is 18.2 Å². The number of aryl methyl sites for hydroxylation is 1. The van der Waals surface area contributed by atoms with E-state index < -0.39 is 0 Å². The van der Waals surface area contributed by atoms with Gasteiger partial charge >= 0.3 is 0 Å². The fourth-order valence-electron chi connectivity index (χ4n) is 2.59. The first kappa shape index (κ1) is 17.2. The van der Waals surface area contributed by atoms with Crippen LogP contribution in [0.5, 0.6) is 5.75 Å². The molecule has 3 aromatic carbocycles. The number of rotatable bonds is 7. The van der Waals surface area contributed by atoms with Gasteiger partial charge in [-0.2, -0.15) is 0 Å². The summed E-state index contributed by atoms with van der Waals surface area (Å²) in [6.07, 6.45) is 0. The van der Waals surface area contributed by atoms with Crippen LogP contribution in [-0.4, -0.2) is 0 Å². The molecule has 25 heavy (non-hydrogen) atoms. The number of benzene rings is 3. The van der Waals surface area contributed by atoms with Crippen LogP contribution in [0.4, 0.5) is 4.39 Å². The van der Waals surface area contributed by atoms with Crippen LogP contribution in [-0.2, 0) is 19.7 Å². The molecule has 3 rings (SSSR count). The molecule has 3 aromatic rings. The Bertz CT molecular complexity index is 797. The molecule has 1 N–H and O–H groups in total. The van der Waals surface area contributed by atoms with Crippen LogP contribution in [0.3, 0.4) is 0 Å². The largest absolute Gasteiger partial charge is 0.489 e. The first-order chi connectivity index (χ1) is 12.2. The summed E-state index contributed by atoms with van der Waals surface area (Å²) >= 11 is 0. The summed E-state index contributed by atoms with van der Waals surface area (Å²) in [7, 11) is 0. The number of hydrogen-bond acceptors (Lipinski definition) is 2. The van der Waals surface area contributed by atoms with Crippen molar-refractivity contribution < 1.29 is 9.13 Å². The molecule has 0 heterocycles. The second-order valence-corrected chi connectivity index (χ2v) is 6.09. The van der Waals surface area contributed by atoms with Crippen LogP contribution in [0.1, 0.15) is 22.3 Å². The highest BCUT2D eigenvalue weighted by Gasteiger charge is 2.00. The third-order valence-corrected chi connectivity index (χ3v) is 4.15. The highest BCUT2D eigenvalue weighted by Crippen LogP contribution is 2.16. The first-order valence-corrected chi connectivity index (χ1v) is 8.42. The molecule has 0 saturated carbocycles. The minimum absolute atomic E-state index is 0.204. The van der Waals surface area contributed by atoms with Gasteiger partial charge in [0, 0.05) is 13.1 Å². The molecule has 0 amide bonds. The summed E-state index contributed by atoms with van der Waals surface area (Å²) in [5.74, 6) is 0.663. The molecule has 0 aliphatic carbocycles. The average molecular weight is 335 g/mol. The lowest BCUT2D eigenvalue weighted by molar-refractivity contribution is 0.305. The molecule has 0 aromatic heterocycles. The van der Waals surface area contributed by atoms with Gasteiger partial charge in [-0.25, -0.2) is 4.39 Å². The maximum atomic E-state index is 12.9. The second-order valence-electron chi connectivity index (χ2n) is 6.09. The summed E-state index contributed by atoms with van der Waals surface area (Å²) in [6, 6.07) is 22.9. The van der Waals surface area contributed by atoms with Crippen LogP contribution < -0.4 is 10.1 Å². The number of nitrogens with one attached hydrogen (secondary N) is 1. The van der Waals surface area contributed by atoms with Crippen molar-refractivity contribution in [3.63, 3.8) is 0 Å². The lowest BCUT2D eigenvalue weighted by Gasteiger charge is -2.10. The van der Waals surface area contributed by atoms with Gasteiger partial charge in [-0.15, -0.1) is 0 Å². The summed E-state index contributed by atoms with van der Waals surface area (Å²) in [5, 5.41) is 3.36. The van der Waals surface area contributed by atoms with E-state index in [1.165, 1.54) is 28.8 Å². The normalized spacial score (nSPS) is 10.6. The van der Waals surface area contributed by atoms with Crippen LogP contribution >= 0.6 is 0 Å². The highest BCUT2D eigenvalue weighted by molar-refractivity contribution is 5.29. The van der Waals surface area contributed by atoms with E-state index in [0.29, 0.717) is 13.2 Å². The van der Waals surface area contributed by atoms with Gasteiger partial charge in [0.2, 0.25) is 0 Å². The third-order valence-electron chi connectivity index (χ3n) is 4.15. The molecule has 0 atom stereocenters. The van der Waals surface area contributed by atoms with Crippen LogP contribution in [0.2, 0.25) is 0 Å². The minimum Gasteiger partial charge on any atom is -0.489 e. The van der Waals surface area contributed by atoms with Crippen molar-refractivity contribution in [2.45, 2.75) is 26.6 Å². The SMILES string of the molecule is Cc1ccccc1COc1ccc(CNCc2ccc(F)cc2)cc1. The fraction of sp³-hybridized carbons (Fsp3) is 0.182. The van der Waals surface area contributed by atoms with Gasteiger partial charge in [0.25, 0.3) is 0 Å². The Morgan fingerprint density at radius 1 is 0.800 bits per heavy atom. The van der Waals surface area contributed by atoms with Crippen molar-refractivity contribution in [3.8, 4) is 5.75 Å². The molecule has 3 heteroatoms. The average Bonchev–Trinajstić information content (AvgIpc) is 2.64. The molecule has 0 saturated heterocycles. The molecule has 2 nitrogen and oxygen atoms in total. The molecule has 0 fully saturated rings. The number of halogens is 1. The lowest BCUT2D eigenvalue weighted by atomic mass is 10.1. The molecule has 0 aliphatic heterocycles. The maximum absolute atomic E-state index is 12.9. The molecule has 0 radical (unpaired) electrons. The quantitative estimate of drug-likeness (QED) is 0.656. The summed E-state index contributed by atoms with van der Waals surface area (Å²) < 4.78 is 18.7. The zero-order chi connectivity index (χ0) is 17.5. The molecular weight excluding hydrogens is 313 g/mol. The fourth-order valence-corrected chi connectivity index (χ4v) is 2.59. The zero-order valence-corrected chi connectivity index (χ0v) is 14.3. The Morgan fingerprint density at radius 2 is 1.40 bits per heavy atom. The third kappa shape index (κ3) is 5.16. The van der Waals surface area contributed by atoms with E-state index in [1.54, 1.807) is 12.1 Å². The van der Waals surface area contributed by atoms with Gasteiger partial charge in [0.15, 0.2) is 0 Å². The second kappa shape index (κ2) is 8.45. The predicted molar refractivity (Wildman–Crippen MR) is 98.9 cm³/mol. The summed E-state index contributed by atoms with van der Waals surface area (Å²) in [4.78, 5) is 0. The zero-order valence-electron chi connectivity index (χ0n) is 14.3. The van der Waals surface area contributed by atoms with E-state index in [0.717, 1.165) is 17.9 Å². The van der Waals surface area contributed by atoms with E-state index in [1.807, 2.05) is 24.3 Å². The Labute approximate surface area is 148 Å². The van der Waals surface area contributed by atoms with Crippen molar-refractivity contribution in [2.24, 2.45) is 0 Å². The smallest absolute Gasteiger partial charge is 0.123 e. The minimum atomic E-state index is -0.204. The molecule has 128 valence electrons. The van der Waals surface area contributed by atoms with Gasteiger partial charge in [-0.3, -0.25) is 0 Å². The van der Waals surface area contributed by atoms with E-state index in [4.69, 9.17) is 4.74 Å². The number of hydrogen-bond donors (Lipinski definition) is 1. The van der Waals surface area contributed by atoms with Crippen molar-refractivity contribution in [3.05, 3.63) is 101 Å².